The number of benzene rings is 2. The second-order valence-electron chi connectivity index (χ2n) is 7.76. The molecule has 0 atom stereocenters. The van der Waals surface area contributed by atoms with Gasteiger partial charge >= 0.3 is 10.1 Å². The number of hydrogen-bond donors (Lipinski definition) is 0. The lowest BCUT2D eigenvalue weighted by Crippen LogP contribution is -2.33. The average molecular weight is 490 g/mol. The first-order valence-corrected chi connectivity index (χ1v) is 12.6. The molecule has 3 rings (SSSR count). The van der Waals surface area contributed by atoms with Gasteiger partial charge < -0.3 is 18.6 Å². The average Bonchev–Trinajstić information content (AvgIpc) is 3.33. The number of thiophene rings is 1. The highest BCUT2D eigenvalue weighted by atomic mass is 32.2. The van der Waals surface area contributed by atoms with Gasteiger partial charge in [0.15, 0.2) is 11.5 Å². The SMILES string of the molecule is COc1ccc(S(=O)(=O)Oc2cc(CN(CC(C)C)C(=O)c3cccs3)ccc2OC)cc1. The molecule has 7 nitrogen and oxygen atoms in total. The Balaban J connectivity index is 1.87. The van der Waals surface area contributed by atoms with Crippen LogP contribution in [0, 0.1) is 5.92 Å². The molecule has 0 radical (unpaired) electrons. The molecule has 33 heavy (non-hydrogen) atoms. The smallest absolute Gasteiger partial charge is 0.339 e. The van der Waals surface area contributed by atoms with Crippen molar-refractivity contribution in [2.75, 3.05) is 20.8 Å². The Hall–Kier alpha value is -3.04. The van der Waals surface area contributed by atoms with Gasteiger partial charge in [-0.1, -0.05) is 26.0 Å². The van der Waals surface area contributed by atoms with Crippen molar-refractivity contribution >= 4 is 27.4 Å². The Morgan fingerprint density at radius 1 is 1.00 bits per heavy atom. The van der Waals surface area contributed by atoms with Crippen molar-refractivity contribution < 1.29 is 26.9 Å². The molecule has 3 aromatic rings. The zero-order valence-electron chi connectivity index (χ0n) is 19.0. The van der Waals surface area contributed by atoms with Crippen LogP contribution in [0.15, 0.2) is 64.9 Å². The van der Waals surface area contributed by atoms with E-state index in [2.05, 4.69) is 0 Å². The van der Waals surface area contributed by atoms with Gasteiger partial charge in [0.2, 0.25) is 0 Å². The molecule has 2 aromatic carbocycles. The van der Waals surface area contributed by atoms with Gasteiger partial charge in [0, 0.05) is 13.1 Å². The zero-order valence-corrected chi connectivity index (χ0v) is 20.6. The molecule has 176 valence electrons. The molecule has 0 spiro atoms. The molecule has 0 N–H and O–H groups in total. The third-order valence-electron chi connectivity index (χ3n) is 4.75. The summed E-state index contributed by atoms with van der Waals surface area (Å²) in [5, 5.41) is 1.87. The summed E-state index contributed by atoms with van der Waals surface area (Å²) in [6, 6.07) is 14.6. The molecule has 0 saturated heterocycles. The highest BCUT2D eigenvalue weighted by Gasteiger charge is 2.22. The summed E-state index contributed by atoms with van der Waals surface area (Å²) in [5.74, 6) is 1.06. The Labute approximate surface area is 198 Å². The van der Waals surface area contributed by atoms with E-state index in [0.29, 0.717) is 23.7 Å². The summed E-state index contributed by atoms with van der Waals surface area (Å²) in [7, 11) is -1.16. The van der Waals surface area contributed by atoms with Crippen LogP contribution in [-0.2, 0) is 16.7 Å². The second-order valence-corrected chi connectivity index (χ2v) is 10.2. The van der Waals surface area contributed by atoms with Crippen molar-refractivity contribution in [2.45, 2.75) is 25.3 Å². The lowest BCUT2D eigenvalue weighted by molar-refractivity contribution is 0.0727. The summed E-state index contributed by atoms with van der Waals surface area (Å²) in [5.41, 5.74) is 0.723. The number of rotatable bonds is 10. The molecule has 1 heterocycles. The van der Waals surface area contributed by atoms with Gasteiger partial charge in [0.25, 0.3) is 5.91 Å². The standard InChI is InChI=1S/C24H27NO6S2/c1-17(2)15-25(24(26)23-6-5-13-32-23)16-18-7-12-21(30-4)22(14-18)31-33(27,28)20-10-8-19(29-3)9-11-20/h5-14,17H,15-16H2,1-4H3. The van der Waals surface area contributed by atoms with Crippen LogP contribution in [0.3, 0.4) is 0 Å². The Bertz CT molecular complexity index is 1170. The van der Waals surface area contributed by atoms with Gasteiger partial charge in [0.1, 0.15) is 10.6 Å². The van der Waals surface area contributed by atoms with E-state index in [1.165, 1.54) is 37.7 Å². The van der Waals surface area contributed by atoms with Crippen LogP contribution in [0.1, 0.15) is 29.1 Å². The van der Waals surface area contributed by atoms with E-state index in [0.717, 1.165) is 5.56 Å². The minimum Gasteiger partial charge on any atom is -0.497 e. The predicted octanol–water partition coefficient (Wildman–Crippen LogP) is 4.83. The number of carbonyl (C=O) groups excluding carboxylic acids is 1. The molecular weight excluding hydrogens is 462 g/mol. The third kappa shape index (κ3) is 6.27. The van der Waals surface area contributed by atoms with E-state index < -0.39 is 10.1 Å². The summed E-state index contributed by atoms with van der Waals surface area (Å²) in [4.78, 5) is 15.4. The van der Waals surface area contributed by atoms with Gasteiger partial charge in [-0.15, -0.1) is 11.3 Å². The van der Waals surface area contributed by atoms with E-state index in [1.54, 1.807) is 41.3 Å². The molecule has 0 saturated carbocycles. The second kappa shape index (κ2) is 10.7. The van der Waals surface area contributed by atoms with Gasteiger partial charge in [-0.25, -0.2) is 0 Å². The van der Waals surface area contributed by atoms with Crippen LogP contribution >= 0.6 is 11.3 Å². The number of methoxy groups -OCH3 is 2. The lowest BCUT2D eigenvalue weighted by atomic mass is 10.1. The van der Waals surface area contributed by atoms with Gasteiger partial charge in [-0.05, 0) is 59.3 Å². The third-order valence-corrected chi connectivity index (χ3v) is 6.86. The highest BCUT2D eigenvalue weighted by Crippen LogP contribution is 2.32. The van der Waals surface area contributed by atoms with Crippen molar-refractivity contribution in [2.24, 2.45) is 5.92 Å². The first-order chi connectivity index (χ1) is 15.7. The van der Waals surface area contributed by atoms with Crippen LogP contribution < -0.4 is 13.7 Å². The van der Waals surface area contributed by atoms with Crippen LogP contribution in [0.25, 0.3) is 0 Å². The van der Waals surface area contributed by atoms with Crippen LogP contribution in [0.4, 0.5) is 0 Å². The maximum Gasteiger partial charge on any atom is 0.339 e. The Morgan fingerprint density at radius 2 is 1.73 bits per heavy atom. The van der Waals surface area contributed by atoms with Gasteiger partial charge in [-0.2, -0.15) is 8.42 Å². The maximum atomic E-state index is 13.0. The normalized spacial score (nSPS) is 11.3. The highest BCUT2D eigenvalue weighted by molar-refractivity contribution is 7.87. The van der Waals surface area contributed by atoms with E-state index in [1.807, 2.05) is 25.3 Å². The summed E-state index contributed by atoms with van der Waals surface area (Å²) in [6.45, 7) is 4.94. The first kappa shape index (κ1) is 24.6. The number of amides is 1. The number of carbonyl (C=O) groups is 1. The largest absolute Gasteiger partial charge is 0.497 e. The molecule has 0 unspecified atom stereocenters. The van der Waals surface area contributed by atoms with Gasteiger partial charge in [-0.3, -0.25) is 4.79 Å². The lowest BCUT2D eigenvalue weighted by Gasteiger charge is -2.24. The van der Waals surface area contributed by atoms with Crippen LogP contribution in [0.5, 0.6) is 17.2 Å². The monoisotopic (exact) mass is 489 g/mol. The first-order valence-electron chi connectivity index (χ1n) is 10.3. The van der Waals surface area contributed by atoms with Crippen molar-refractivity contribution in [3.05, 3.63) is 70.4 Å². The molecule has 0 aliphatic rings. The van der Waals surface area contributed by atoms with Crippen molar-refractivity contribution in [3.8, 4) is 17.2 Å². The van der Waals surface area contributed by atoms with Gasteiger partial charge in [0.05, 0.1) is 19.1 Å². The fourth-order valence-corrected chi connectivity index (χ4v) is 4.85. The summed E-state index contributed by atoms with van der Waals surface area (Å²) in [6.07, 6.45) is 0. The molecular formula is C24H27NO6S2. The van der Waals surface area contributed by atoms with Crippen molar-refractivity contribution in [1.82, 2.24) is 4.90 Å². The van der Waals surface area contributed by atoms with Crippen molar-refractivity contribution in [3.63, 3.8) is 0 Å². The molecule has 0 aliphatic heterocycles. The number of hydrogen-bond acceptors (Lipinski definition) is 7. The fraction of sp³-hybridized carbons (Fsp3) is 0.292. The molecule has 0 fully saturated rings. The van der Waals surface area contributed by atoms with Crippen LogP contribution in [-0.4, -0.2) is 40.0 Å². The van der Waals surface area contributed by atoms with E-state index in [9.17, 15) is 13.2 Å². The molecule has 1 aromatic heterocycles. The van der Waals surface area contributed by atoms with E-state index in [4.69, 9.17) is 13.7 Å². The quantitative estimate of drug-likeness (QED) is 0.379. The number of nitrogens with zero attached hydrogens (tertiary/aromatic N) is 1. The summed E-state index contributed by atoms with van der Waals surface area (Å²) >= 11 is 1.39. The zero-order chi connectivity index (χ0) is 24.0. The molecule has 9 heteroatoms. The molecule has 1 amide bonds. The minimum absolute atomic E-state index is 0.00920. The predicted molar refractivity (Wildman–Crippen MR) is 128 cm³/mol. The van der Waals surface area contributed by atoms with E-state index in [-0.39, 0.29) is 28.2 Å². The topological polar surface area (TPSA) is 82.1 Å². The fourth-order valence-electron chi connectivity index (χ4n) is 3.23. The minimum atomic E-state index is -4.10. The van der Waals surface area contributed by atoms with E-state index >= 15 is 0 Å². The number of ether oxygens (including phenoxy) is 2. The summed E-state index contributed by atoms with van der Waals surface area (Å²) < 4.78 is 41.5. The maximum absolute atomic E-state index is 13.0. The van der Waals surface area contributed by atoms with Crippen molar-refractivity contribution in [1.29, 1.82) is 0 Å². The Kier molecular flexibility index (Phi) is 7.99. The Morgan fingerprint density at radius 3 is 2.30 bits per heavy atom. The molecule has 0 bridgehead atoms. The molecule has 0 aliphatic carbocycles. The van der Waals surface area contributed by atoms with Crippen LogP contribution in [0.2, 0.25) is 0 Å².